The van der Waals surface area contributed by atoms with Crippen molar-refractivity contribution in [3.8, 4) is 0 Å². The number of rotatable bonds is 2. The molecule has 2 aromatic rings. The molecule has 0 N–H and O–H groups in total. The number of fused-ring (bicyclic) bond motifs is 1. The van der Waals surface area contributed by atoms with Gasteiger partial charge in [-0.2, -0.15) is 0 Å². The summed E-state index contributed by atoms with van der Waals surface area (Å²) in [6.07, 6.45) is 0.746. The van der Waals surface area contributed by atoms with Crippen LogP contribution in [0.2, 0.25) is 0 Å². The van der Waals surface area contributed by atoms with Crippen LogP contribution in [0.15, 0.2) is 29.1 Å². The normalized spacial score (nSPS) is 10.6. The second-order valence-corrected chi connectivity index (χ2v) is 3.96. The number of aryl methyl sites for hydroxylation is 2. The smallest absolute Gasteiger partial charge is 0.251 e. The van der Waals surface area contributed by atoms with Crippen LogP contribution in [0.5, 0.6) is 0 Å². The zero-order valence-electron chi connectivity index (χ0n) is 9.36. The summed E-state index contributed by atoms with van der Waals surface area (Å²) >= 11 is 0. The Bertz CT molecular complexity index is 611. The molecule has 0 radical (unpaired) electrons. The molecular weight excluding hydrogens is 202 g/mol. The van der Waals surface area contributed by atoms with Crippen molar-refractivity contribution in [3.05, 3.63) is 45.7 Å². The van der Waals surface area contributed by atoms with E-state index in [1.54, 1.807) is 6.07 Å². The van der Waals surface area contributed by atoms with E-state index >= 15 is 0 Å². The SMILES string of the molecule is Cc1ccc2c(c1)c(C)cc(=O)n2CC=O. The molecule has 16 heavy (non-hydrogen) atoms. The second-order valence-electron chi connectivity index (χ2n) is 3.96. The summed E-state index contributed by atoms with van der Waals surface area (Å²) in [5.74, 6) is 0. The van der Waals surface area contributed by atoms with Gasteiger partial charge in [-0.25, -0.2) is 0 Å². The molecule has 0 aliphatic carbocycles. The Morgan fingerprint density at radius 3 is 2.69 bits per heavy atom. The number of pyridine rings is 1. The Morgan fingerprint density at radius 1 is 1.25 bits per heavy atom. The van der Waals surface area contributed by atoms with Crippen molar-refractivity contribution in [2.24, 2.45) is 0 Å². The maximum Gasteiger partial charge on any atom is 0.251 e. The van der Waals surface area contributed by atoms with E-state index in [0.29, 0.717) is 0 Å². The topological polar surface area (TPSA) is 39.1 Å². The van der Waals surface area contributed by atoms with Gasteiger partial charge in [0.25, 0.3) is 5.56 Å². The first-order valence-electron chi connectivity index (χ1n) is 5.18. The van der Waals surface area contributed by atoms with Crippen LogP contribution >= 0.6 is 0 Å². The van der Waals surface area contributed by atoms with E-state index in [-0.39, 0.29) is 12.1 Å². The minimum Gasteiger partial charge on any atom is -0.301 e. The fourth-order valence-electron chi connectivity index (χ4n) is 1.92. The number of hydrogen-bond acceptors (Lipinski definition) is 2. The zero-order chi connectivity index (χ0) is 11.7. The fraction of sp³-hybridized carbons (Fsp3) is 0.231. The Kier molecular flexibility index (Phi) is 2.60. The molecule has 0 amide bonds. The van der Waals surface area contributed by atoms with Crippen LogP contribution < -0.4 is 5.56 Å². The van der Waals surface area contributed by atoms with E-state index < -0.39 is 0 Å². The number of benzene rings is 1. The number of aldehydes is 1. The first-order chi connectivity index (χ1) is 7.63. The van der Waals surface area contributed by atoms with Crippen molar-refractivity contribution >= 4 is 17.2 Å². The van der Waals surface area contributed by atoms with Crippen molar-refractivity contribution in [3.63, 3.8) is 0 Å². The highest BCUT2D eigenvalue weighted by Crippen LogP contribution is 2.17. The summed E-state index contributed by atoms with van der Waals surface area (Å²) in [5.41, 5.74) is 2.79. The van der Waals surface area contributed by atoms with Gasteiger partial charge in [-0.15, -0.1) is 0 Å². The predicted octanol–water partition coefficient (Wildman–Crippen LogP) is 1.82. The van der Waals surface area contributed by atoms with Gasteiger partial charge in [0.1, 0.15) is 6.29 Å². The lowest BCUT2D eigenvalue weighted by atomic mass is 10.1. The summed E-state index contributed by atoms with van der Waals surface area (Å²) in [5, 5.41) is 1.03. The highest BCUT2D eigenvalue weighted by molar-refractivity contribution is 5.83. The molecule has 1 heterocycles. The monoisotopic (exact) mass is 215 g/mol. The maximum absolute atomic E-state index is 11.7. The molecule has 0 unspecified atom stereocenters. The van der Waals surface area contributed by atoms with Gasteiger partial charge in [0.05, 0.1) is 12.1 Å². The molecule has 0 bridgehead atoms. The molecule has 0 fully saturated rings. The van der Waals surface area contributed by atoms with E-state index in [9.17, 15) is 9.59 Å². The lowest BCUT2D eigenvalue weighted by Crippen LogP contribution is -2.20. The first-order valence-corrected chi connectivity index (χ1v) is 5.18. The van der Waals surface area contributed by atoms with Gasteiger partial charge in [0.15, 0.2) is 0 Å². The number of carbonyl (C=O) groups excluding carboxylic acids is 1. The number of aromatic nitrogens is 1. The molecule has 0 aliphatic rings. The molecule has 3 heteroatoms. The van der Waals surface area contributed by atoms with Gasteiger partial charge in [0.2, 0.25) is 0 Å². The van der Waals surface area contributed by atoms with Crippen LogP contribution in [-0.2, 0) is 11.3 Å². The van der Waals surface area contributed by atoms with Gasteiger partial charge in [0, 0.05) is 11.5 Å². The molecule has 1 aromatic heterocycles. The van der Waals surface area contributed by atoms with E-state index in [1.165, 1.54) is 4.57 Å². The first kappa shape index (κ1) is 10.6. The lowest BCUT2D eigenvalue weighted by molar-refractivity contribution is -0.108. The van der Waals surface area contributed by atoms with E-state index in [0.717, 1.165) is 28.3 Å². The van der Waals surface area contributed by atoms with Crippen LogP contribution in [0, 0.1) is 13.8 Å². The van der Waals surface area contributed by atoms with E-state index in [1.807, 2.05) is 32.0 Å². The Hall–Kier alpha value is -1.90. The lowest BCUT2D eigenvalue weighted by Gasteiger charge is -2.09. The van der Waals surface area contributed by atoms with Crippen LogP contribution in [0.1, 0.15) is 11.1 Å². The molecule has 2 rings (SSSR count). The van der Waals surface area contributed by atoms with Crippen LogP contribution in [0.3, 0.4) is 0 Å². The minimum absolute atomic E-state index is 0.110. The Morgan fingerprint density at radius 2 is 2.00 bits per heavy atom. The summed E-state index contributed by atoms with van der Waals surface area (Å²) in [4.78, 5) is 22.3. The quantitative estimate of drug-likeness (QED) is 0.717. The third-order valence-corrected chi connectivity index (χ3v) is 2.73. The zero-order valence-corrected chi connectivity index (χ0v) is 9.36. The highest BCUT2D eigenvalue weighted by atomic mass is 16.1. The van der Waals surface area contributed by atoms with Crippen molar-refractivity contribution < 1.29 is 4.79 Å². The van der Waals surface area contributed by atoms with Gasteiger partial charge >= 0.3 is 0 Å². The molecular formula is C13H13NO2. The molecule has 0 saturated carbocycles. The average molecular weight is 215 g/mol. The summed E-state index contributed by atoms with van der Waals surface area (Å²) in [6.45, 7) is 4.03. The standard InChI is InChI=1S/C13H13NO2/c1-9-3-4-12-11(7-9)10(2)8-13(16)14(12)5-6-15/h3-4,6-8H,5H2,1-2H3. The van der Waals surface area contributed by atoms with Crippen molar-refractivity contribution in [1.82, 2.24) is 4.57 Å². The molecule has 0 saturated heterocycles. The van der Waals surface area contributed by atoms with Crippen molar-refractivity contribution in [1.29, 1.82) is 0 Å². The molecule has 3 nitrogen and oxygen atoms in total. The highest BCUT2D eigenvalue weighted by Gasteiger charge is 2.05. The Balaban J connectivity index is 2.89. The summed E-state index contributed by atoms with van der Waals surface area (Å²) in [7, 11) is 0. The van der Waals surface area contributed by atoms with Gasteiger partial charge in [-0.3, -0.25) is 4.79 Å². The van der Waals surface area contributed by atoms with Crippen molar-refractivity contribution in [2.45, 2.75) is 20.4 Å². The minimum atomic E-state index is -0.124. The largest absolute Gasteiger partial charge is 0.301 e. The molecule has 1 aromatic carbocycles. The third-order valence-electron chi connectivity index (χ3n) is 2.73. The van der Waals surface area contributed by atoms with Crippen LogP contribution in [-0.4, -0.2) is 10.9 Å². The molecule has 0 atom stereocenters. The van der Waals surface area contributed by atoms with Crippen molar-refractivity contribution in [2.75, 3.05) is 0 Å². The Labute approximate surface area is 93.3 Å². The van der Waals surface area contributed by atoms with E-state index in [2.05, 4.69) is 0 Å². The average Bonchev–Trinajstić information content (AvgIpc) is 2.24. The van der Waals surface area contributed by atoms with Gasteiger partial charge in [-0.05, 0) is 31.5 Å². The molecule has 82 valence electrons. The third kappa shape index (κ3) is 1.65. The fourth-order valence-corrected chi connectivity index (χ4v) is 1.92. The van der Waals surface area contributed by atoms with Crippen LogP contribution in [0.4, 0.5) is 0 Å². The number of hydrogen-bond donors (Lipinski definition) is 0. The van der Waals surface area contributed by atoms with E-state index in [4.69, 9.17) is 0 Å². The number of carbonyl (C=O) groups is 1. The second kappa shape index (κ2) is 3.93. The summed E-state index contributed by atoms with van der Waals surface area (Å²) in [6, 6.07) is 7.45. The molecule has 0 spiro atoms. The van der Waals surface area contributed by atoms with Gasteiger partial charge < -0.3 is 9.36 Å². The maximum atomic E-state index is 11.7. The number of nitrogens with zero attached hydrogens (tertiary/aromatic N) is 1. The van der Waals surface area contributed by atoms with Gasteiger partial charge in [-0.1, -0.05) is 11.6 Å². The summed E-state index contributed by atoms with van der Waals surface area (Å²) < 4.78 is 1.49. The molecule has 0 aliphatic heterocycles. The van der Waals surface area contributed by atoms with Crippen LogP contribution in [0.25, 0.3) is 10.9 Å². The predicted molar refractivity (Wildman–Crippen MR) is 63.7 cm³/mol.